The highest BCUT2D eigenvalue weighted by Gasteiger charge is 2.56. The quantitative estimate of drug-likeness (QED) is 0.137. The lowest BCUT2D eigenvalue weighted by atomic mass is 9.73. The molecule has 5 rings (SSSR count). The first kappa shape index (κ1) is 54.7. The Balaban J connectivity index is 1.55. The van der Waals surface area contributed by atoms with Crippen LogP contribution in [0.1, 0.15) is 203 Å². The third-order valence-electron chi connectivity index (χ3n) is 17.2. The standard InChI is InChI=1S/C54H96N4O8/c1-21-55-47(5,6)27-35(28-48(55,7)8)43(59)63-39-25-26-40(64-44(60)36-29-49(9,10)56(22-2)50(11,12)30-36)42(66-46(62)38-33-53(17,18)58(24-4)54(19,20)34-38)41(39)65-45(61)37-31-51(13,14)57(23-3)52(15,16)32-37/h35-42H,21-34H2,1-20H3. The summed E-state index contributed by atoms with van der Waals surface area (Å²) in [5.74, 6) is -3.17. The summed E-state index contributed by atoms with van der Waals surface area (Å²) in [6.07, 6.45) is 1.12. The van der Waals surface area contributed by atoms with Crippen molar-refractivity contribution in [2.75, 3.05) is 26.2 Å². The van der Waals surface area contributed by atoms with Gasteiger partial charge in [-0.3, -0.25) is 38.8 Å². The average Bonchev–Trinajstić information content (AvgIpc) is 3.13. The fourth-order valence-corrected chi connectivity index (χ4v) is 15.9. The van der Waals surface area contributed by atoms with E-state index in [-0.39, 0.29) is 80.9 Å². The molecule has 4 atom stereocenters. The maximum absolute atomic E-state index is 14.9. The first-order chi connectivity index (χ1) is 30.1. The second kappa shape index (κ2) is 19.1. The average molecular weight is 929 g/mol. The van der Waals surface area contributed by atoms with Crippen LogP contribution >= 0.6 is 0 Å². The molecular weight excluding hydrogens is 833 g/mol. The van der Waals surface area contributed by atoms with Crippen molar-refractivity contribution in [1.82, 2.24) is 19.6 Å². The smallest absolute Gasteiger partial charge is 0.309 e. The summed E-state index contributed by atoms with van der Waals surface area (Å²) in [5.41, 5.74) is -2.20. The van der Waals surface area contributed by atoms with E-state index in [0.29, 0.717) is 51.4 Å². The molecule has 4 unspecified atom stereocenters. The Hall–Kier alpha value is -2.28. The Morgan fingerprint density at radius 1 is 0.333 bits per heavy atom. The second-order valence-electron chi connectivity index (χ2n) is 26.2. The monoisotopic (exact) mass is 929 g/mol. The van der Waals surface area contributed by atoms with Gasteiger partial charge in [0.1, 0.15) is 12.2 Å². The fourth-order valence-electron chi connectivity index (χ4n) is 15.9. The van der Waals surface area contributed by atoms with Gasteiger partial charge in [0.05, 0.1) is 23.7 Å². The lowest BCUT2D eigenvalue weighted by Crippen LogP contribution is -2.63. The van der Waals surface area contributed by atoms with Crippen molar-refractivity contribution in [1.29, 1.82) is 0 Å². The van der Waals surface area contributed by atoms with E-state index in [1.165, 1.54) is 0 Å². The van der Waals surface area contributed by atoms with E-state index in [1.807, 2.05) is 0 Å². The Kier molecular flexibility index (Phi) is 15.9. The Bertz CT molecular complexity index is 1570. The number of carbonyl (C=O) groups is 4. The maximum Gasteiger partial charge on any atom is 0.309 e. The summed E-state index contributed by atoms with van der Waals surface area (Å²) in [4.78, 5) is 68.9. The Labute approximate surface area is 401 Å². The lowest BCUT2D eigenvalue weighted by Gasteiger charge is -2.55. The zero-order valence-corrected chi connectivity index (χ0v) is 45.6. The molecule has 5 aliphatic rings. The van der Waals surface area contributed by atoms with Gasteiger partial charge in [0, 0.05) is 44.3 Å². The third kappa shape index (κ3) is 11.2. The number of carbonyl (C=O) groups excluding carboxylic acids is 4. The predicted octanol–water partition coefficient (Wildman–Crippen LogP) is 9.58. The van der Waals surface area contributed by atoms with E-state index in [0.717, 1.165) is 26.2 Å². The van der Waals surface area contributed by atoms with Crippen LogP contribution in [-0.4, -0.2) is 138 Å². The van der Waals surface area contributed by atoms with Gasteiger partial charge in [-0.25, -0.2) is 0 Å². The molecule has 5 fully saturated rings. The van der Waals surface area contributed by atoms with Crippen molar-refractivity contribution >= 4 is 23.9 Å². The van der Waals surface area contributed by atoms with Gasteiger partial charge in [-0.05, 0) is 201 Å². The highest BCUT2D eigenvalue weighted by molar-refractivity contribution is 5.76. The molecule has 1 aliphatic carbocycles. The molecule has 380 valence electrons. The molecule has 0 N–H and O–H groups in total. The molecule has 0 amide bonds. The molecule has 0 aromatic rings. The molecular formula is C54H96N4O8. The first-order valence-corrected chi connectivity index (χ1v) is 26.0. The van der Waals surface area contributed by atoms with Crippen LogP contribution in [0.4, 0.5) is 0 Å². The van der Waals surface area contributed by atoms with Crippen LogP contribution in [0, 0.1) is 23.7 Å². The number of likely N-dealkylation sites (tertiary alicyclic amines) is 4. The van der Waals surface area contributed by atoms with E-state index >= 15 is 0 Å². The molecule has 0 spiro atoms. The molecule has 12 nitrogen and oxygen atoms in total. The molecule has 4 heterocycles. The minimum atomic E-state index is -1.18. The molecule has 66 heavy (non-hydrogen) atoms. The van der Waals surface area contributed by atoms with Crippen molar-refractivity contribution in [2.45, 2.75) is 271 Å². The number of piperidine rings is 4. The topological polar surface area (TPSA) is 118 Å². The molecule has 4 aliphatic heterocycles. The van der Waals surface area contributed by atoms with Crippen molar-refractivity contribution in [3.63, 3.8) is 0 Å². The fraction of sp³-hybridized carbons (Fsp3) is 0.926. The number of ether oxygens (including phenoxy) is 4. The van der Waals surface area contributed by atoms with Crippen molar-refractivity contribution in [3.05, 3.63) is 0 Å². The number of esters is 4. The summed E-state index contributed by atoms with van der Waals surface area (Å²) in [7, 11) is 0. The van der Waals surface area contributed by atoms with Crippen LogP contribution in [0.25, 0.3) is 0 Å². The summed E-state index contributed by atoms with van der Waals surface area (Å²) < 4.78 is 26.7. The Morgan fingerprint density at radius 3 is 0.667 bits per heavy atom. The van der Waals surface area contributed by atoms with Gasteiger partial charge < -0.3 is 18.9 Å². The molecule has 0 aromatic heterocycles. The maximum atomic E-state index is 14.9. The summed E-state index contributed by atoms with van der Waals surface area (Å²) in [6, 6.07) is 0. The van der Waals surface area contributed by atoms with Crippen LogP contribution in [0.2, 0.25) is 0 Å². The van der Waals surface area contributed by atoms with Crippen LogP contribution in [-0.2, 0) is 38.1 Å². The largest absolute Gasteiger partial charge is 0.458 e. The van der Waals surface area contributed by atoms with Crippen LogP contribution in [0.15, 0.2) is 0 Å². The van der Waals surface area contributed by atoms with E-state index in [4.69, 9.17) is 18.9 Å². The highest BCUT2D eigenvalue weighted by atomic mass is 16.6. The molecule has 0 bridgehead atoms. The number of nitrogens with zero attached hydrogens (tertiary/aromatic N) is 4. The van der Waals surface area contributed by atoms with E-state index in [1.54, 1.807) is 0 Å². The molecule has 1 saturated carbocycles. The number of hydrogen-bond donors (Lipinski definition) is 0. The SMILES string of the molecule is CCN1C(C)(C)CC(C(=O)OC2CCC(OC(=O)C3CC(C)(C)N(CC)C(C)(C)C3)C(OC(=O)C3CC(C)(C)N(CC)C(C)(C)C3)C2OC(=O)C2CC(C)(C)N(CC)C(C)(C)C2)CC1(C)C. The normalized spacial score (nSPS) is 31.7. The van der Waals surface area contributed by atoms with Gasteiger partial charge in [-0.15, -0.1) is 0 Å². The van der Waals surface area contributed by atoms with Gasteiger partial charge >= 0.3 is 23.9 Å². The summed E-state index contributed by atoms with van der Waals surface area (Å²) in [5, 5.41) is 0. The number of rotatable bonds is 12. The van der Waals surface area contributed by atoms with Gasteiger partial charge in [0.25, 0.3) is 0 Å². The van der Waals surface area contributed by atoms with Crippen LogP contribution in [0.3, 0.4) is 0 Å². The minimum absolute atomic E-state index is 0.256. The summed E-state index contributed by atoms with van der Waals surface area (Å²) >= 11 is 0. The van der Waals surface area contributed by atoms with Gasteiger partial charge in [-0.2, -0.15) is 0 Å². The molecule has 0 aromatic carbocycles. The second-order valence-corrected chi connectivity index (χ2v) is 26.2. The zero-order chi connectivity index (χ0) is 50.0. The van der Waals surface area contributed by atoms with Gasteiger partial charge in [0.2, 0.25) is 0 Å². The Morgan fingerprint density at radius 2 is 0.500 bits per heavy atom. The van der Waals surface area contributed by atoms with Crippen molar-refractivity contribution in [3.8, 4) is 0 Å². The van der Waals surface area contributed by atoms with Crippen molar-refractivity contribution in [2.24, 2.45) is 23.7 Å². The third-order valence-corrected chi connectivity index (χ3v) is 17.2. The van der Waals surface area contributed by atoms with Crippen LogP contribution in [0.5, 0.6) is 0 Å². The minimum Gasteiger partial charge on any atom is -0.458 e. The van der Waals surface area contributed by atoms with Gasteiger partial charge in [-0.1, -0.05) is 27.7 Å². The molecule has 12 heteroatoms. The predicted molar refractivity (Wildman–Crippen MR) is 262 cm³/mol. The highest BCUT2D eigenvalue weighted by Crippen LogP contribution is 2.47. The van der Waals surface area contributed by atoms with E-state index in [9.17, 15) is 19.2 Å². The lowest BCUT2D eigenvalue weighted by molar-refractivity contribution is -0.222. The van der Waals surface area contributed by atoms with E-state index in [2.05, 4.69) is 158 Å². The van der Waals surface area contributed by atoms with Gasteiger partial charge in [0.15, 0.2) is 12.2 Å². The number of hydrogen-bond acceptors (Lipinski definition) is 12. The van der Waals surface area contributed by atoms with Crippen molar-refractivity contribution < 1.29 is 38.1 Å². The molecule has 0 radical (unpaired) electrons. The zero-order valence-electron chi connectivity index (χ0n) is 45.6. The molecule has 4 saturated heterocycles. The van der Waals surface area contributed by atoms with E-state index < -0.39 is 48.2 Å². The first-order valence-electron chi connectivity index (χ1n) is 26.0. The summed E-state index contributed by atoms with van der Waals surface area (Å²) in [6.45, 7) is 46.9. The van der Waals surface area contributed by atoms with Crippen LogP contribution < -0.4 is 0 Å².